The second kappa shape index (κ2) is 14.1. The molecule has 0 spiro atoms. The van der Waals surface area contributed by atoms with Crippen LogP contribution in [-0.2, 0) is 9.59 Å². The maximum absolute atomic E-state index is 9.41. The Balaban J connectivity index is 0.000000414. The van der Waals surface area contributed by atoms with Crippen LogP contribution in [0.1, 0.15) is 39.5 Å². The highest BCUT2D eigenvalue weighted by Gasteiger charge is 2.20. The van der Waals surface area contributed by atoms with Crippen LogP contribution < -0.4 is 19.8 Å². The molecule has 0 atom stereocenters. The van der Waals surface area contributed by atoms with Crippen LogP contribution in [0.5, 0.6) is 5.88 Å². The zero-order chi connectivity index (χ0) is 24.1. The van der Waals surface area contributed by atoms with Crippen molar-refractivity contribution in [1.29, 1.82) is 0 Å². The maximum atomic E-state index is 9.41. The molecule has 0 N–H and O–H groups in total. The number of ether oxygens (including phenoxy) is 1. The molecule has 0 amide bonds. The molecule has 0 bridgehead atoms. The average Bonchev–Trinajstić information content (AvgIpc) is 2.81. The lowest BCUT2D eigenvalue weighted by molar-refractivity contribution is -0.301. The average molecular weight is 457 g/mol. The smallest absolute Gasteiger partial charge is 0.229 e. The molecule has 180 valence electrons. The third-order valence-corrected chi connectivity index (χ3v) is 5.09. The highest BCUT2D eigenvalue weighted by molar-refractivity contribution is 5.87. The Morgan fingerprint density at radius 1 is 0.970 bits per heavy atom. The van der Waals surface area contributed by atoms with E-state index in [2.05, 4.69) is 23.6 Å². The lowest BCUT2D eigenvalue weighted by Gasteiger charge is -2.34. The fraction of sp³-hybridized carbons (Fsp3) is 0.500. The molecule has 1 fully saturated rings. The van der Waals surface area contributed by atoms with Crippen molar-refractivity contribution in [2.45, 2.75) is 39.5 Å². The first-order valence-corrected chi connectivity index (χ1v) is 11.4. The number of benzene rings is 1. The number of nitrogens with zero attached hydrogens (tertiary/aromatic N) is 4. The lowest BCUT2D eigenvalue weighted by Crippen LogP contribution is -2.47. The van der Waals surface area contributed by atoms with Gasteiger partial charge in [-0.1, -0.05) is 38.8 Å². The first-order chi connectivity index (χ1) is 15.9. The number of piperazine rings is 1. The van der Waals surface area contributed by atoms with Gasteiger partial charge in [0.25, 0.3) is 0 Å². The van der Waals surface area contributed by atoms with Crippen LogP contribution in [0.15, 0.2) is 36.4 Å². The number of aromatic nitrogens is 2. The largest absolute Gasteiger partial charge is 0.545 e. The third kappa shape index (κ3) is 9.05. The number of aliphatic carboxylic acids is 2. The molecular weight excluding hydrogens is 424 g/mol. The van der Waals surface area contributed by atoms with Gasteiger partial charge in [0.05, 0.1) is 29.4 Å². The van der Waals surface area contributed by atoms with Gasteiger partial charge in [-0.25, -0.2) is 4.98 Å². The number of hydrogen-bond donors (Lipinski definition) is 0. The number of carboxylic acid groups (broad SMARTS) is 2. The van der Waals surface area contributed by atoms with E-state index in [1.54, 1.807) is 0 Å². The number of carboxylic acids is 2. The Bertz CT molecular complexity index is 910. The van der Waals surface area contributed by atoms with Crippen LogP contribution in [0.25, 0.3) is 10.9 Å². The van der Waals surface area contributed by atoms with E-state index in [9.17, 15) is 19.8 Å². The van der Waals surface area contributed by atoms with E-state index in [0.717, 1.165) is 61.9 Å². The van der Waals surface area contributed by atoms with Gasteiger partial charge in [-0.2, -0.15) is 4.98 Å². The number of hydrogen-bond acceptors (Lipinski definition) is 9. The van der Waals surface area contributed by atoms with Crippen molar-refractivity contribution in [3.05, 3.63) is 36.4 Å². The first-order valence-electron chi connectivity index (χ1n) is 11.4. The van der Waals surface area contributed by atoms with Crippen LogP contribution in [-0.4, -0.2) is 66.1 Å². The summed E-state index contributed by atoms with van der Waals surface area (Å²) in [4.78, 5) is 33.2. The molecule has 0 unspecified atom stereocenters. The summed E-state index contributed by atoms with van der Waals surface area (Å²) < 4.78 is 6.02. The van der Waals surface area contributed by atoms with Gasteiger partial charge in [-0.15, -0.1) is 0 Å². The zero-order valence-electron chi connectivity index (χ0n) is 19.4. The quantitative estimate of drug-likeness (QED) is 0.377. The summed E-state index contributed by atoms with van der Waals surface area (Å²) in [6.07, 6.45) is 5.43. The SMILES string of the molecule is CCCCCOc1nc(N2CCN(CCC)CC2)nc2ccccc12.O=C([O-])C=CC(=O)[O-]. The van der Waals surface area contributed by atoms with Gasteiger partial charge in [-0.05, 0) is 43.7 Å². The van der Waals surface area contributed by atoms with E-state index in [0.29, 0.717) is 12.2 Å². The Kier molecular flexibility index (Phi) is 11.1. The number of rotatable bonds is 10. The summed E-state index contributed by atoms with van der Waals surface area (Å²) in [5.74, 6) is -1.56. The summed E-state index contributed by atoms with van der Waals surface area (Å²) in [5, 5.41) is 19.8. The monoisotopic (exact) mass is 456 g/mol. The van der Waals surface area contributed by atoms with Crippen LogP contribution in [0.4, 0.5) is 5.95 Å². The van der Waals surface area contributed by atoms with Gasteiger partial charge in [0, 0.05) is 26.2 Å². The fourth-order valence-electron chi connectivity index (χ4n) is 3.43. The standard InChI is InChI=1S/C20H30N4O.C4H4O4/c1-3-5-8-16-25-19-17-9-6-7-10-18(17)21-20(22-19)24-14-12-23(11-4-2)13-15-24;5-3(6)1-2-4(7)8/h6-7,9-10H,3-5,8,11-16H2,1-2H3;1-2H,(H,5,6)(H,7,8)/p-2. The number of fused-ring (bicyclic) bond motifs is 1. The summed E-state index contributed by atoms with van der Waals surface area (Å²) in [6.45, 7) is 10.5. The molecule has 1 aliphatic heterocycles. The molecule has 1 aromatic carbocycles. The fourth-order valence-corrected chi connectivity index (χ4v) is 3.43. The van der Waals surface area contributed by atoms with Crippen LogP contribution in [0.2, 0.25) is 0 Å². The highest BCUT2D eigenvalue weighted by Crippen LogP contribution is 2.26. The predicted octanol–water partition coefficient (Wildman–Crippen LogP) is 0.773. The second-order valence-electron chi connectivity index (χ2n) is 7.70. The number of carbonyl (C=O) groups excluding carboxylic acids is 2. The third-order valence-electron chi connectivity index (χ3n) is 5.09. The lowest BCUT2D eigenvalue weighted by atomic mass is 10.2. The molecular formula is C24H32N4O5-2. The molecule has 2 aromatic rings. The maximum Gasteiger partial charge on any atom is 0.229 e. The molecule has 0 saturated carbocycles. The van der Waals surface area contributed by atoms with Gasteiger partial charge in [0.2, 0.25) is 11.8 Å². The molecule has 1 saturated heterocycles. The minimum Gasteiger partial charge on any atom is -0.545 e. The van der Waals surface area contributed by atoms with Gasteiger partial charge >= 0.3 is 0 Å². The molecule has 0 aliphatic carbocycles. The number of carbonyl (C=O) groups is 2. The molecule has 9 heteroatoms. The van der Waals surface area contributed by atoms with Crippen LogP contribution in [0, 0.1) is 0 Å². The number of anilines is 1. The molecule has 3 rings (SSSR count). The van der Waals surface area contributed by atoms with E-state index in [1.807, 2.05) is 24.3 Å². The van der Waals surface area contributed by atoms with E-state index in [4.69, 9.17) is 14.7 Å². The van der Waals surface area contributed by atoms with E-state index in [-0.39, 0.29) is 0 Å². The molecule has 1 aromatic heterocycles. The van der Waals surface area contributed by atoms with Crippen molar-refractivity contribution in [2.24, 2.45) is 0 Å². The molecule has 1 aliphatic rings. The van der Waals surface area contributed by atoms with Crippen molar-refractivity contribution in [1.82, 2.24) is 14.9 Å². The van der Waals surface area contributed by atoms with Crippen molar-refractivity contribution in [3.8, 4) is 5.88 Å². The molecule has 9 nitrogen and oxygen atoms in total. The number of unbranched alkanes of at least 4 members (excludes halogenated alkanes) is 2. The zero-order valence-corrected chi connectivity index (χ0v) is 19.4. The van der Waals surface area contributed by atoms with Crippen molar-refractivity contribution >= 4 is 28.8 Å². The van der Waals surface area contributed by atoms with E-state index < -0.39 is 11.9 Å². The van der Waals surface area contributed by atoms with Crippen LogP contribution in [0.3, 0.4) is 0 Å². The topological polar surface area (TPSA) is 122 Å². The van der Waals surface area contributed by atoms with E-state index in [1.165, 1.54) is 25.8 Å². The van der Waals surface area contributed by atoms with E-state index >= 15 is 0 Å². The van der Waals surface area contributed by atoms with Crippen LogP contribution >= 0.6 is 0 Å². The molecule has 33 heavy (non-hydrogen) atoms. The van der Waals surface area contributed by atoms with Crippen molar-refractivity contribution in [2.75, 3.05) is 44.2 Å². The summed E-state index contributed by atoms with van der Waals surface area (Å²) in [5.41, 5.74) is 0.967. The first kappa shape index (κ1) is 26.1. The summed E-state index contributed by atoms with van der Waals surface area (Å²) >= 11 is 0. The van der Waals surface area contributed by atoms with Gasteiger partial charge in [-0.3, -0.25) is 4.90 Å². The van der Waals surface area contributed by atoms with Gasteiger partial charge in [0.15, 0.2) is 0 Å². The minimum atomic E-state index is -1.55. The normalized spacial score (nSPS) is 14.2. The molecule has 0 radical (unpaired) electrons. The summed E-state index contributed by atoms with van der Waals surface area (Å²) in [6, 6.07) is 8.15. The number of para-hydroxylation sites is 1. The Labute approximate surface area is 194 Å². The van der Waals surface area contributed by atoms with Gasteiger partial charge < -0.3 is 29.4 Å². The van der Waals surface area contributed by atoms with Crippen molar-refractivity contribution < 1.29 is 24.5 Å². The Morgan fingerprint density at radius 2 is 1.64 bits per heavy atom. The summed E-state index contributed by atoms with van der Waals surface area (Å²) in [7, 11) is 0. The second-order valence-corrected chi connectivity index (χ2v) is 7.70. The Hall–Kier alpha value is -3.20. The predicted molar refractivity (Wildman–Crippen MR) is 123 cm³/mol. The molecule has 2 heterocycles. The Morgan fingerprint density at radius 3 is 2.24 bits per heavy atom. The highest BCUT2D eigenvalue weighted by atomic mass is 16.5. The van der Waals surface area contributed by atoms with Gasteiger partial charge in [0.1, 0.15) is 0 Å². The van der Waals surface area contributed by atoms with Crippen molar-refractivity contribution in [3.63, 3.8) is 0 Å². The minimum absolute atomic E-state index is 0.384.